The fourth-order valence-electron chi connectivity index (χ4n) is 4.46. The fraction of sp³-hybridized carbons (Fsp3) is 0.286. The molecule has 0 spiro atoms. The number of nitrogens with zero attached hydrogens (tertiary/aromatic N) is 1. The lowest BCUT2D eigenvalue weighted by molar-refractivity contribution is -0.138. The van der Waals surface area contributed by atoms with Crippen molar-refractivity contribution in [2.45, 2.75) is 44.5 Å². The second-order valence-corrected chi connectivity index (χ2v) is 9.80. The van der Waals surface area contributed by atoms with E-state index in [1.165, 1.54) is 12.1 Å². The van der Waals surface area contributed by atoms with Gasteiger partial charge in [-0.3, -0.25) is 9.59 Å². The van der Waals surface area contributed by atoms with Crippen LogP contribution in [0.3, 0.4) is 0 Å². The normalized spacial score (nSPS) is 17.0. The monoisotopic (exact) mass is 531 g/mol. The number of hydrogen-bond acceptors (Lipinski definition) is 3. The second kappa shape index (κ2) is 10.5. The first-order valence-corrected chi connectivity index (χ1v) is 12.0. The van der Waals surface area contributed by atoms with Gasteiger partial charge < -0.3 is 14.7 Å². The van der Waals surface area contributed by atoms with E-state index in [1.54, 1.807) is 18.2 Å². The molecule has 1 unspecified atom stereocenters. The molecule has 1 aliphatic heterocycles. The van der Waals surface area contributed by atoms with Gasteiger partial charge in [-0.1, -0.05) is 41.9 Å². The minimum absolute atomic E-state index is 0.146. The Labute approximate surface area is 217 Å². The predicted molar refractivity (Wildman–Crippen MR) is 133 cm³/mol. The number of rotatable bonds is 7. The number of carbonyl (C=O) groups is 2. The van der Waals surface area contributed by atoms with Gasteiger partial charge in [-0.05, 0) is 72.9 Å². The third-order valence-electron chi connectivity index (χ3n) is 6.38. The molecule has 0 bridgehead atoms. The van der Waals surface area contributed by atoms with Crippen LogP contribution in [0.25, 0.3) is 0 Å². The molecule has 0 saturated carbocycles. The summed E-state index contributed by atoms with van der Waals surface area (Å²) in [5.74, 6) is -1.11. The number of alkyl halides is 3. The van der Waals surface area contributed by atoms with Crippen molar-refractivity contribution >= 4 is 23.5 Å². The smallest absolute Gasteiger partial charge is 0.416 e. The molecule has 0 aliphatic carbocycles. The number of carbonyl (C=O) groups excluding carboxylic acids is 1. The zero-order valence-corrected chi connectivity index (χ0v) is 20.8. The van der Waals surface area contributed by atoms with Gasteiger partial charge in [0.05, 0.1) is 5.56 Å². The van der Waals surface area contributed by atoms with Crippen molar-refractivity contribution < 1.29 is 32.6 Å². The Morgan fingerprint density at radius 1 is 1.08 bits per heavy atom. The van der Waals surface area contributed by atoms with Crippen LogP contribution in [-0.4, -0.2) is 34.0 Å². The van der Waals surface area contributed by atoms with Crippen LogP contribution >= 0.6 is 11.6 Å². The molecule has 0 fully saturated rings. The summed E-state index contributed by atoms with van der Waals surface area (Å²) in [6.45, 7) is 1.27. The van der Waals surface area contributed by atoms with Crippen molar-refractivity contribution in [3.05, 3.63) is 99.6 Å². The van der Waals surface area contributed by atoms with Crippen molar-refractivity contribution in [2.24, 2.45) is 0 Å². The Hall–Kier alpha value is -3.52. The van der Waals surface area contributed by atoms with Gasteiger partial charge in [-0.15, -0.1) is 0 Å². The van der Waals surface area contributed by atoms with E-state index >= 15 is 0 Å². The van der Waals surface area contributed by atoms with Crippen molar-refractivity contribution in [3.8, 4) is 5.75 Å². The topological polar surface area (TPSA) is 66.8 Å². The Bertz CT molecular complexity index is 1310. The van der Waals surface area contributed by atoms with E-state index in [0.29, 0.717) is 35.6 Å². The van der Waals surface area contributed by atoms with E-state index in [9.17, 15) is 27.9 Å². The maximum Gasteiger partial charge on any atom is 0.416 e. The van der Waals surface area contributed by atoms with Crippen LogP contribution in [0, 0.1) is 0 Å². The average Bonchev–Trinajstić information content (AvgIpc) is 2.84. The lowest BCUT2D eigenvalue weighted by atomic mass is 9.86. The highest BCUT2D eigenvalue weighted by atomic mass is 35.5. The molecule has 37 heavy (non-hydrogen) atoms. The molecule has 3 aromatic carbocycles. The number of carboxylic acid groups (broad SMARTS) is 1. The molecule has 1 amide bonds. The molecule has 0 aromatic heterocycles. The third-order valence-corrected chi connectivity index (χ3v) is 6.75. The molecule has 1 atom stereocenters. The highest BCUT2D eigenvalue weighted by Crippen LogP contribution is 2.37. The molecule has 3 aromatic rings. The summed E-state index contributed by atoms with van der Waals surface area (Å²) in [6, 6.07) is 16.9. The Morgan fingerprint density at radius 3 is 2.43 bits per heavy atom. The highest BCUT2D eigenvalue weighted by Gasteiger charge is 2.33. The fourth-order valence-corrected chi connectivity index (χ4v) is 4.66. The number of ether oxygens (including phenoxy) is 1. The van der Waals surface area contributed by atoms with Gasteiger partial charge >= 0.3 is 12.1 Å². The van der Waals surface area contributed by atoms with Gasteiger partial charge in [0.1, 0.15) is 17.9 Å². The van der Waals surface area contributed by atoms with E-state index in [-0.39, 0.29) is 12.1 Å². The van der Waals surface area contributed by atoms with Crippen LogP contribution in [0.4, 0.5) is 13.2 Å². The molecule has 0 radical (unpaired) electrons. The quantitative estimate of drug-likeness (QED) is 0.382. The summed E-state index contributed by atoms with van der Waals surface area (Å²) in [6.07, 6.45) is -2.53. The van der Waals surface area contributed by atoms with Crippen LogP contribution in [-0.2, 0) is 30.4 Å². The number of benzene rings is 3. The van der Waals surface area contributed by atoms with E-state index < -0.39 is 35.8 Å². The second-order valence-electron chi connectivity index (χ2n) is 9.39. The molecule has 5 nitrogen and oxygen atoms in total. The maximum atomic E-state index is 13.2. The Balaban J connectivity index is 1.51. The van der Waals surface area contributed by atoms with Gasteiger partial charge in [0.25, 0.3) is 5.91 Å². The van der Waals surface area contributed by atoms with Crippen LogP contribution in [0.5, 0.6) is 5.75 Å². The first-order valence-electron chi connectivity index (χ1n) is 11.7. The van der Waals surface area contributed by atoms with E-state index in [2.05, 4.69) is 0 Å². The number of amides is 1. The van der Waals surface area contributed by atoms with E-state index in [0.717, 1.165) is 28.2 Å². The summed E-state index contributed by atoms with van der Waals surface area (Å²) >= 11 is 6.32. The zero-order valence-electron chi connectivity index (χ0n) is 20.0. The molecular formula is C28H25ClF3NO4. The van der Waals surface area contributed by atoms with Crippen molar-refractivity contribution in [3.63, 3.8) is 0 Å². The number of aryl methyl sites for hydroxylation is 1. The molecular weight excluding hydrogens is 507 g/mol. The minimum atomic E-state index is -4.48. The van der Waals surface area contributed by atoms with Crippen molar-refractivity contribution in [1.29, 1.82) is 0 Å². The lowest BCUT2D eigenvalue weighted by Crippen LogP contribution is -2.39. The summed E-state index contributed by atoms with van der Waals surface area (Å²) in [7, 11) is 0. The Kier molecular flexibility index (Phi) is 7.50. The lowest BCUT2D eigenvalue weighted by Gasteiger charge is -2.36. The van der Waals surface area contributed by atoms with Crippen molar-refractivity contribution in [2.75, 3.05) is 6.54 Å². The maximum absolute atomic E-state index is 13.2. The van der Waals surface area contributed by atoms with Crippen LogP contribution in [0.2, 0.25) is 5.02 Å². The number of halogens is 4. The highest BCUT2D eigenvalue weighted by molar-refractivity contribution is 6.31. The minimum Gasteiger partial charge on any atom is -0.487 e. The molecule has 9 heteroatoms. The summed E-state index contributed by atoms with van der Waals surface area (Å²) < 4.78 is 44.9. The summed E-state index contributed by atoms with van der Waals surface area (Å²) in [4.78, 5) is 25.8. The predicted octanol–water partition coefficient (Wildman–Crippen LogP) is 6.41. The standard InChI is InChI=1S/C28H25ClF3NO4/c1-27(15-21-4-2-3-5-23(21)29)13-12-19-14-20(8-11-24(19)37-27)26(36)33(17-25(34)35)16-18-6-9-22(10-7-18)28(30,31)32/h2-11,14H,12-13,15-17H2,1H3,(H,34,35). The molecule has 1 heterocycles. The largest absolute Gasteiger partial charge is 0.487 e. The van der Waals surface area contributed by atoms with Gasteiger partial charge in [-0.25, -0.2) is 0 Å². The van der Waals surface area contributed by atoms with Gasteiger partial charge in [0.15, 0.2) is 0 Å². The number of fused-ring (bicyclic) bond motifs is 1. The summed E-state index contributed by atoms with van der Waals surface area (Å²) in [5.41, 5.74) is 1.18. The first-order chi connectivity index (χ1) is 17.4. The van der Waals surface area contributed by atoms with Crippen LogP contribution in [0.1, 0.15) is 46.0 Å². The van der Waals surface area contributed by atoms with Gasteiger partial charge in [-0.2, -0.15) is 13.2 Å². The van der Waals surface area contributed by atoms with E-state index in [1.807, 2.05) is 31.2 Å². The molecule has 194 valence electrons. The Morgan fingerprint density at radius 2 is 1.78 bits per heavy atom. The third kappa shape index (κ3) is 6.43. The molecule has 0 saturated heterocycles. The molecule has 1 aliphatic rings. The van der Waals surface area contributed by atoms with Crippen LogP contribution < -0.4 is 4.74 Å². The number of aliphatic carboxylic acids is 1. The van der Waals surface area contributed by atoms with Gasteiger partial charge in [0.2, 0.25) is 0 Å². The first kappa shape index (κ1) is 26.5. The van der Waals surface area contributed by atoms with Gasteiger partial charge in [0, 0.05) is 23.6 Å². The average molecular weight is 532 g/mol. The summed E-state index contributed by atoms with van der Waals surface area (Å²) in [5, 5.41) is 10.00. The van der Waals surface area contributed by atoms with E-state index in [4.69, 9.17) is 16.3 Å². The number of hydrogen-bond donors (Lipinski definition) is 1. The SMILES string of the molecule is CC1(Cc2ccccc2Cl)CCc2cc(C(=O)N(CC(=O)O)Cc3ccc(C(F)(F)F)cc3)ccc2O1. The van der Waals surface area contributed by atoms with Crippen LogP contribution in [0.15, 0.2) is 66.7 Å². The number of carboxylic acids is 1. The molecule has 4 rings (SSSR count). The zero-order chi connectivity index (χ0) is 26.8. The molecule has 1 N–H and O–H groups in total. The van der Waals surface area contributed by atoms with Crippen molar-refractivity contribution in [1.82, 2.24) is 4.90 Å².